The van der Waals surface area contributed by atoms with E-state index in [4.69, 9.17) is 11.6 Å². The summed E-state index contributed by atoms with van der Waals surface area (Å²) >= 11 is 5.65. The van der Waals surface area contributed by atoms with E-state index in [1.54, 1.807) is 0 Å². The first-order chi connectivity index (χ1) is 12.5. The van der Waals surface area contributed by atoms with Crippen molar-refractivity contribution < 1.29 is 14.0 Å². The van der Waals surface area contributed by atoms with E-state index < -0.39 is 17.6 Å². The number of fused-ring (bicyclic) bond motifs is 1. The second-order valence-corrected chi connectivity index (χ2v) is 6.33. The fraction of sp³-hybridized carbons (Fsp3) is 0.158. The van der Waals surface area contributed by atoms with Gasteiger partial charge in [0.2, 0.25) is 0 Å². The largest absolute Gasteiger partial charge is 0.361 e. The van der Waals surface area contributed by atoms with Gasteiger partial charge in [0.1, 0.15) is 5.82 Å². The van der Waals surface area contributed by atoms with E-state index in [2.05, 4.69) is 15.6 Å². The molecule has 3 rings (SSSR count). The molecule has 26 heavy (non-hydrogen) atoms. The number of halogens is 2. The van der Waals surface area contributed by atoms with Crippen LogP contribution in [0, 0.1) is 12.7 Å². The number of rotatable bonds is 4. The minimum absolute atomic E-state index is 0.0956. The van der Waals surface area contributed by atoms with E-state index in [0.29, 0.717) is 6.42 Å². The van der Waals surface area contributed by atoms with Gasteiger partial charge >= 0.3 is 11.8 Å². The van der Waals surface area contributed by atoms with Gasteiger partial charge in [-0.05, 0) is 48.7 Å². The minimum atomic E-state index is -0.929. The van der Waals surface area contributed by atoms with E-state index in [-0.39, 0.29) is 17.3 Å². The predicted octanol–water partition coefficient (Wildman–Crippen LogP) is 3.57. The van der Waals surface area contributed by atoms with E-state index in [0.717, 1.165) is 28.1 Å². The second kappa shape index (κ2) is 7.58. The van der Waals surface area contributed by atoms with Crippen LogP contribution in [-0.2, 0) is 16.0 Å². The lowest BCUT2D eigenvalue weighted by Gasteiger charge is -2.08. The summed E-state index contributed by atoms with van der Waals surface area (Å²) in [4.78, 5) is 27.0. The lowest BCUT2D eigenvalue weighted by molar-refractivity contribution is -0.136. The Balaban J connectivity index is 1.57. The van der Waals surface area contributed by atoms with E-state index >= 15 is 0 Å². The molecule has 0 saturated carbocycles. The molecule has 0 aliphatic rings. The summed E-state index contributed by atoms with van der Waals surface area (Å²) in [7, 11) is 0. The maximum Gasteiger partial charge on any atom is 0.313 e. The van der Waals surface area contributed by atoms with Crippen LogP contribution in [0.2, 0.25) is 5.02 Å². The molecule has 0 spiro atoms. The van der Waals surface area contributed by atoms with Crippen LogP contribution in [0.5, 0.6) is 0 Å². The average molecular weight is 374 g/mol. The first kappa shape index (κ1) is 17.9. The molecule has 0 aliphatic carbocycles. The van der Waals surface area contributed by atoms with Crippen LogP contribution in [0.25, 0.3) is 10.9 Å². The molecule has 0 atom stereocenters. The molecule has 5 nitrogen and oxygen atoms in total. The molecule has 0 fully saturated rings. The normalized spacial score (nSPS) is 10.7. The summed E-state index contributed by atoms with van der Waals surface area (Å²) in [6.07, 6.45) is 2.46. The highest BCUT2D eigenvalue weighted by molar-refractivity contribution is 6.39. The Morgan fingerprint density at radius 1 is 1.19 bits per heavy atom. The Kier molecular flexibility index (Phi) is 5.23. The van der Waals surface area contributed by atoms with Gasteiger partial charge in [-0.1, -0.05) is 23.7 Å². The molecule has 7 heteroatoms. The van der Waals surface area contributed by atoms with Crippen molar-refractivity contribution >= 4 is 40.0 Å². The lowest BCUT2D eigenvalue weighted by atomic mass is 10.1. The van der Waals surface area contributed by atoms with E-state index in [1.165, 1.54) is 12.1 Å². The standard InChI is InChI=1S/C19H17ClFN3O2/c1-11-3-2-4-16-17(11)12(10-23-16)7-8-22-18(25)19(26)24-15-6-5-13(20)9-14(15)21/h2-6,9-10,23H,7-8H2,1H3,(H,22,25)(H,24,26). The molecule has 1 aromatic heterocycles. The number of benzene rings is 2. The maximum atomic E-state index is 13.7. The molecule has 0 bridgehead atoms. The van der Waals surface area contributed by atoms with Crippen LogP contribution >= 0.6 is 11.6 Å². The van der Waals surface area contributed by atoms with E-state index in [9.17, 15) is 14.0 Å². The number of anilines is 1. The summed E-state index contributed by atoms with van der Waals surface area (Å²) in [6.45, 7) is 2.31. The van der Waals surface area contributed by atoms with Crippen LogP contribution in [0.3, 0.4) is 0 Å². The van der Waals surface area contributed by atoms with Crippen molar-refractivity contribution in [1.29, 1.82) is 0 Å². The topological polar surface area (TPSA) is 74.0 Å². The monoisotopic (exact) mass is 373 g/mol. The Labute approximate surface area is 154 Å². The van der Waals surface area contributed by atoms with E-state index in [1.807, 2.05) is 31.3 Å². The summed E-state index contributed by atoms with van der Waals surface area (Å²) < 4.78 is 13.7. The van der Waals surface area contributed by atoms with Crippen molar-refractivity contribution in [3.05, 3.63) is 64.6 Å². The third kappa shape index (κ3) is 3.86. The number of aryl methyl sites for hydroxylation is 1. The molecule has 134 valence electrons. The fourth-order valence-corrected chi connectivity index (χ4v) is 2.97. The molecule has 2 aromatic carbocycles. The molecular weight excluding hydrogens is 357 g/mol. The molecule has 0 radical (unpaired) electrons. The van der Waals surface area contributed by atoms with Gasteiger partial charge in [-0.3, -0.25) is 9.59 Å². The molecule has 2 amide bonds. The smallest absolute Gasteiger partial charge is 0.313 e. The van der Waals surface area contributed by atoms with Gasteiger partial charge in [0.15, 0.2) is 0 Å². The summed E-state index contributed by atoms with van der Waals surface area (Å²) in [5, 5.41) is 6.10. The van der Waals surface area contributed by atoms with Crippen LogP contribution < -0.4 is 10.6 Å². The zero-order chi connectivity index (χ0) is 18.7. The number of hydrogen-bond acceptors (Lipinski definition) is 2. The van der Waals surface area contributed by atoms with Crippen molar-refractivity contribution in [2.45, 2.75) is 13.3 Å². The van der Waals surface area contributed by atoms with Crippen molar-refractivity contribution in [3.8, 4) is 0 Å². The van der Waals surface area contributed by atoms with Crippen LogP contribution in [-0.4, -0.2) is 23.3 Å². The van der Waals surface area contributed by atoms with Crippen LogP contribution in [0.15, 0.2) is 42.6 Å². The minimum Gasteiger partial charge on any atom is -0.361 e. The van der Waals surface area contributed by atoms with Crippen LogP contribution in [0.4, 0.5) is 10.1 Å². The van der Waals surface area contributed by atoms with Crippen LogP contribution in [0.1, 0.15) is 11.1 Å². The number of H-pyrrole nitrogens is 1. The number of amides is 2. The summed E-state index contributed by atoms with van der Waals surface area (Å²) in [5.41, 5.74) is 3.13. The Morgan fingerprint density at radius 3 is 2.77 bits per heavy atom. The Bertz CT molecular complexity index is 984. The fourth-order valence-electron chi connectivity index (χ4n) is 2.81. The SMILES string of the molecule is Cc1cccc2[nH]cc(CCNC(=O)C(=O)Nc3ccc(Cl)cc3F)c12. The number of aromatic amines is 1. The van der Waals surface area contributed by atoms with Gasteiger partial charge in [-0.2, -0.15) is 0 Å². The Morgan fingerprint density at radius 2 is 2.00 bits per heavy atom. The number of nitrogens with one attached hydrogen (secondary N) is 3. The highest BCUT2D eigenvalue weighted by Gasteiger charge is 2.15. The quantitative estimate of drug-likeness (QED) is 0.612. The molecular formula is C19H17ClFN3O2. The third-order valence-electron chi connectivity index (χ3n) is 4.06. The number of aromatic nitrogens is 1. The van der Waals surface area contributed by atoms with Gasteiger partial charge in [0.25, 0.3) is 0 Å². The number of hydrogen-bond donors (Lipinski definition) is 3. The highest BCUT2D eigenvalue weighted by atomic mass is 35.5. The first-order valence-corrected chi connectivity index (χ1v) is 8.43. The molecule has 3 N–H and O–H groups in total. The molecule has 0 aliphatic heterocycles. The number of carbonyl (C=O) groups is 2. The van der Waals surface area contributed by atoms with Crippen molar-refractivity contribution in [2.24, 2.45) is 0 Å². The highest BCUT2D eigenvalue weighted by Crippen LogP contribution is 2.22. The lowest BCUT2D eigenvalue weighted by Crippen LogP contribution is -2.36. The zero-order valence-electron chi connectivity index (χ0n) is 14.0. The van der Waals surface area contributed by atoms with Gasteiger partial charge in [-0.25, -0.2) is 4.39 Å². The Hall–Kier alpha value is -2.86. The summed E-state index contributed by atoms with van der Waals surface area (Å²) in [6, 6.07) is 9.77. The number of carbonyl (C=O) groups excluding carboxylic acids is 2. The second-order valence-electron chi connectivity index (χ2n) is 5.90. The predicted molar refractivity (Wildman–Crippen MR) is 99.8 cm³/mol. The zero-order valence-corrected chi connectivity index (χ0v) is 14.8. The van der Waals surface area contributed by atoms with Gasteiger partial charge in [0.05, 0.1) is 5.69 Å². The average Bonchev–Trinajstić information content (AvgIpc) is 3.02. The van der Waals surface area contributed by atoms with Gasteiger partial charge < -0.3 is 15.6 Å². The molecule has 1 heterocycles. The van der Waals surface area contributed by atoms with Gasteiger partial charge in [0, 0.05) is 28.7 Å². The van der Waals surface area contributed by atoms with Crippen molar-refractivity contribution in [2.75, 3.05) is 11.9 Å². The molecule has 3 aromatic rings. The summed E-state index contributed by atoms with van der Waals surface area (Å²) in [5.74, 6) is -2.45. The maximum absolute atomic E-state index is 13.7. The van der Waals surface area contributed by atoms with Crippen molar-refractivity contribution in [3.63, 3.8) is 0 Å². The third-order valence-corrected chi connectivity index (χ3v) is 4.30. The first-order valence-electron chi connectivity index (χ1n) is 8.05. The molecule has 0 unspecified atom stereocenters. The molecule has 0 saturated heterocycles. The van der Waals surface area contributed by atoms with Crippen molar-refractivity contribution in [1.82, 2.24) is 10.3 Å². The van der Waals surface area contributed by atoms with Gasteiger partial charge in [-0.15, -0.1) is 0 Å².